The van der Waals surface area contributed by atoms with Gasteiger partial charge in [0.25, 0.3) is 0 Å². The Morgan fingerprint density at radius 2 is 1.11 bits per heavy atom. The first kappa shape index (κ1) is 23.1. The van der Waals surface area contributed by atoms with Gasteiger partial charge < -0.3 is 21.7 Å². The van der Waals surface area contributed by atoms with Crippen molar-refractivity contribution in [3.05, 3.63) is 0 Å². The van der Waals surface area contributed by atoms with Crippen LogP contribution in [0.2, 0.25) is 0 Å². The minimum absolute atomic E-state index is 0.174. The summed E-state index contributed by atoms with van der Waals surface area (Å²) in [5.41, 5.74) is 6.38. The van der Waals surface area contributed by atoms with Gasteiger partial charge in [0.05, 0.1) is 0 Å². The highest BCUT2D eigenvalue weighted by Gasteiger charge is 2.45. The topological polar surface area (TPSA) is 65.3 Å². The zero-order valence-electron chi connectivity index (χ0n) is 19.3. The molecule has 160 valence electrons. The van der Waals surface area contributed by atoms with Crippen LogP contribution >= 0.6 is 0 Å². The van der Waals surface area contributed by atoms with E-state index in [4.69, 9.17) is 5.73 Å². The maximum Gasteiger partial charge on any atom is 0.0145 e. The lowest BCUT2D eigenvalue weighted by Crippen LogP contribution is -2.67. The van der Waals surface area contributed by atoms with Gasteiger partial charge in [-0.05, 0) is 81.1 Å². The van der Waals surface area contributed by atoms with E-state index < -0.39 is 0 Å². The first-order valence-electron chi connectivity index (χ1n) is 11.0. The van der Waals surface area contributed by atoms with Crippen molar-refractivity contribution in [3.63, 3.8) is 0 Å². The number of piperidine rings is 2. The summed E-state index contributed by atoms with van der Waals surface area (Å²) >= 11 is 0. The summed E-state index contributed by atoms with van der Waals surface area (Å²) in [5, 5.41) is 11.2. The van der Waals surface area contributed by atoms with Crippen LogP contribution < -0.4 is 21.7 Å². The molecule has 0 aromatic rings. The fraction of sp³-hybridized carbons (Fsp3) is 1.00. The fourth-order valence-corrected chi connectivity index (χ4v) is 6.10. The van der Waals surface area contributed by atoms with Gasteiger partial charge in [-0.2, -0.15) is 0 Å². The van der Waals surface area contributed by atoms with E-state index in [-0.39, 0.29) is 22.2 Å². The van der Waals surface area contributed by atoms with Gasteiger partial charge in [-0.3, -0.25) is 4.90 Å². The Balaban J connectivity index is 2.22. The number of nitrogens with zero attached hydrogens (tertiary/aromatic N) is 1. The SMILES string of the molecule is CC1(C)CC(N(CCNCCN)C2CC(C)(C)NC(C)(C)C2)CC(C)(C)N1. The van der Waals surface area contributed by atoms with E-state index in [0.29, 0.717) is 18.6 Å². The van der Waals surface area contributed by atoms with Gasteiger partial charge >= 0.3 is 0 Å². The molecule has 2 heterocycles. The van der Waals surface area contributed by atoms with E-state index in [9.17, 15) is 0 Å². The lowest BCUT2D eigenvalue weighted by atomic mass is 9.75. The highest BCUT2D eigenvalue weighted by Crippen LogP contribution is 2.37. The molecule has 2 saturated heterocycles. The molecular formula is C22H47N5. The molecule has 2 rings (SSSR count). The molecule has 27 heavy (non-hydrogen) atoms. The first-order chi connectivity index (χ1) is 12.2. The highest BCUT2D eigenvalue weighted by atomic mass is 15.2. The Hall–Kier alpha value is -0.200. The molecule has 2 fully saturated rings. The Labute approximate surface area is 168 Å². The molecule has 5 N–H and O–H groups in total. The molecule has 0 unspecified atom stereocenters. The number of nitrogens with one attached hydrogen (secondary N) is 3. The molecule has 0 amide bonds. The molecule has 0 aromatic carbocycles. The minimum Gasteiger partial charge on any atom is -0.329 e. The molecule has 2 aliphatic heterocycles. The third-order valence-corrected chi connectivity index (χ3v) is 6.14. The molecule has 0 aliphatic carbocycles. The van der Waals surface area contributed by atoms with Crippen LogP contribution in [-0.2, 0) is 0 Å². The zero-order valence-corrected chi connectivity index (χ0v) is 19.3. The third-order valence-electron chi connectivity index (χ3n) is 6.14. The summed E-state index contributed by atoms with van der Waals surface area (Å²) in [6.45, 7) is 22.6. The molecular weight excluding hydrogens is 334 g/mol. The van der Waals surface area contributed by atoms with E-state index in [0.717, 1.165) is 19.6 Å². The van der Waals surface area contributed by atoms with Crippen LogP contribution in [0.4, 0.5) is 0 Å². The average molecular weight is 382 g/mol. The molecule has 0 aromatic heterocycles. The molecule has 5 nitrogen and oxygen atoms in total. The first-order valence-corrected chi connectivity index (χ1v) is 11.0. The molecule has 0 bridgehead atoms. The Morgan fingerprint density at radius 3 is 1.44 bits per heavy atom. The van der Waals surface area contributed by atoms with Crippen molar-refractivity contribution >= 4 is 0 Å². The minimum atomic E-state index is 0.174. The largest absolute Gasteiger partial charge is 0.329 e. The number of rotatable bonds is 7. The Bertz CT molecular complexity index is 413. The fourth-order valence-electron chi connectivity index (χ4n) is 6.10. The second kappa shape index (κ2) is 8.27. The summed E-state index contributed by atoms with van der Waals surface area (Å²) < 4.78 is 0. The van der Waals surface area contributed by atoms with Crippen LogP contribution in [0.5, 0.6) is 0 Å². The average Bonchev–Trinajstić information content (AvgIpc) is 2.40. The molecule has 2 aliphatic rings. The Kier molecular flexibility index (Phi) is 7.07. The van der Waals surface area contributed by atoms with Crippen LogP contribution in [0.25, 0.3) is 0 Å². The van der Waals surface area contributed by atoms with Crippen LogP contribution in [-0.4, -0.2) is 65.3 Å². The summed E-state index contributed by atoms with van der Waals surface area (Å²) in [6, 6.07) is 1.23. The van der Waals surface area contributed by atoms with Gasteiger partial charge in [-0.25, -0.2) is 0 Å². The molecule has 5 heteroatoms. The molecule has 0 saturated carbocycles. The van der Waals surface area contributed by atoms with Crippen LogP contribution in [0.3, 0.4) is 0 Å². The molecule has 0 radical (unpaired) electrons. The Morgan fingerprint density at radius 1 is 0.741 bits per heavy atom. The normalized spacial score (nSPS) is 27.8. The summed E-state index contributed by atoms with van der Waals surface area (Å²) in [6.07, 6.45) is 4.83. The van der Waals surface area contributed by atoms with Crippen molar-refractivity contribution in [1.82, 2.24) is 20.9 Å². The van der Waals surface area contributed by atoms with Crippen LogP contribution in [0.15, 0.2) is 0 Å². The van der Waals surface area contributed by atoms with Gasteiger partial charge in [0.15, 0.2) is 0 Å². The van der Waals surface area contributed by atoms with Gasteiger partial charge in [0.2, 0.25) is 0 Å². The van der Waals surface area contributed by atoms with E-state index in [1.807, 2.05) is 0 Å². The standard InChI is InChI=1S/C22H47N5/c1-19(2)13-17(14-20(3,4)25-19)27(12-11-24-10-9-23)18-15-21(5,6)26-22(7,8)16-18/h17-18,24-26H,9-16,23H2,1-8H3. The smallest absolute Gasteiger partial charge is 0.0145 e. The maximum absolute atomic E-state index is 5.68. The van der Waals surface area contributed by atoms with E-state index in [2.05, 4.69) is 76.2 Å². The van der Waals surface area contributed by atoms with Crippen molar-refractivity contribution in [2.45, 2.75) is 115 Å². The van der Waals surface area contributed by atoms with Gasteiger partial charge in [0, 0.05) is 60.4 Å². The van der Waals surface area contributed by atoms with Gasteiger partial charge in [-0.1, -0.05) is 0 Å². The van der Waals surface area contributed by atoms with Gasteiger partial charge in [-0.15, -0.1) is 0 Å². The number of hydrogen-bond donors (Lipinski definition) is 4. The second-order valence-electron chi connectivity index (χ2n) is 11.7. The molecule has 0 atom stereocenters. The van der Waals surface area contributed by atoms with Crippen molar-refractivity contribution in [3.8, 4) is 0 Å². The van der Waals surface area contributed by atoms with E-state index >= 15 is 0 Å². The molecule has 0 spiro atoms. The van der Waals surface area contributed by atoms with Gasteiger partial charge in [0.1, 0.15) is 0 Å². The maximum atomic E-state index is 5.68. The monoisotopic (exact) mass is 381 g/mol. The predicted molar refractivity (Wildman–Crippen MR) is 117 cm³/mol. The number of hydrogen-bond acceptors (Lipinski definition) is 5. The van der Waals surface area contributed by atoms with E-state index in [1.165, 1.54) is 25.7 Å². The zero-order chi connectivity index (χ0) is 20.5. The lowest BCUT2D eigenvalue weighted by Gasteiger charge is -2.55. The second-order valence-corrected chi connectivity index (χ2v) is 11.7. The van der Waals surface area contributed by atoms with Crippen molar-refractivity contribution in [2.75, 3.05) is 26.2 Å². The summed E-state index contributed by atoms with van der Waals surface area (Å²) in [5.74, 6) is 0. The summed E-state index contributed by atoms with van der Waals surface area (Å²) in [7, 11) is 0. The number of nitrogens with two attached hydrogens (primary N) is 1. The third kappa shape index (κ3) is 6.97. The van der Waals surface area contributed by atoms with E-state index in [1.54, 1.807) is 0 Å². The van der Waals surface area contributed by atoms with Crippen molar-refractivity contribution in [2.24, 2.45) is 5.73 Å². The highest BCUT2D eigenvalue weighted by molar-refractivity contribution is 5.05. The van der Waals surface area contributed by atoms with Crippen LogP contribution in [0.1, 0.15) is 81.1 Å². The van der Waals surface area contributed by atoms with Crippen LogP contribution in [0, 0.1) is 0 Å². The van der Waals surface area contributed by atoms with Crippen molar-refractivity contribution < 1.29 is 0 Å². The quantitative estimate of drug-likeness (QED) is 0.510. The lowest BCUT2D eigenvalue weighted by molar-refractivity contribution is -0.00128. The summed E-state index contributed by atoms with van der Waals surface area (Å²) in [4.78, 5) is 2.85. The predicted octanol–water partition coefficient (Wildman–Crippen LogP) is 2.46. The van der Waals surface area contributed by atoms with Crippen molar-refractivity contribution in [1.29, 1.82) is 0 Å².